The molecule has 7 heteroatoms. The number of rotatable bonds is 5. The highest BCUT2D eigenvalue weighted by Crippen LogP contribution is 2.27. The number of anilines is 1. The van der Waals surface area contributed by atoms with Crippen LogP contribution in [0.2, 0.25) is 0 Å². The molecule has 0 aromatic heterocycles. The Morgan fingerprint density at radius 3 is 2.72 bits per heavy atom. The molecule has 1 heterocycles. The summed E-state index contributed by atoms with van der Waals surface area (Å²) in [7, 11) is 0. The van der Waals surface area contributed by atoms with Gasteiger partial charge in [0.2, 0.25) is 0 Å². The van der Waals surface area contributed by atoms with Crippen LogP contribution in [-0.4, -0.2) is 23.6 Å². The monoisotopic (exact) mass is 353 g/mol. The molecule has 2 amide bonds. The lowest BCUT2D eigenvalue weighted by Gasteiger charge is -2.08. The first-order valence-corrected chi connectivity index (χ1v) is 8.27. The summed E-state index contributed by atoms with van der Waals surface area (Å²) in [5.41, 5.74) is 7.00. The number of benzene rings is 2. The summed E-state index contributed by atoms with van der Waals surface area (Å²) in [5.74, 6) is -0.0735. The van der Waals surface area contributed by atoms with Crippen LogP contribution in [0.5, 0.6) is 5.75 Å². The molecule has 0 unspecified atom stereocenters. The highest BCUT2D eigenvalue weighted by Gasteiger charge is 2.19. The molecule has 2 aromatic carbocycles. The van der Waals surface area contributed by atoms with Crippen molar-refractivity contribution in [2.24, 2.45) is 10.7 Å². The maximum atomic E-state index is 11.9. The second kappa shape index (κ2) is 7.67. The largest absolute Gasteiger partial charge is 0.484 e. The zero-order valence-electron chi connectivity index (χ0n) is 13.1. The molecule has 0 saturated carbocycles. The normalized spacial score (nSPS) is 15.1. The molecule has 1 aliphatic heterocycles. The van der Waals surface area contributed by atoms with E-state index in [1.54, 1.807) is 36.4 Å². The number of carbonyl (C=O) groups is 2. The van der Waals surface area contributed by atoms with Crippen LogP contribution < -0.4 is 15.8 Å². The van der Waals surface area contributed by atoms with Gasteiger partial charge in [-0.3, -0.25) is 9.59 Å². The fourth-order valence-electron chi connectivity index (χ4n) is 2.14. The van der Waals surface area contributed by atoms with Gasteiger partial charge in [0.1, 0.15) is 5.75 Å². The molecule has 2 aromatic rings. The lowest BCUT2D eigenvalue weighted by molar-refractivity contribution is -0.118. The topological polar surface area (TPSA) is 93.8 Å². The molecule has 126 valence electrons. The van der Waals surface area contributed by atoms with Crippen molar-refractivity contribution in [1.29, 1.82) is 0 Å². The Balaban J connectivity index is 1.60. The van der Waals surface area contributed by atoms with E-state index in [2.05, 4.69) is 10.3 Å². The van der Waals surface area contributed by atoms with Gasteiger partial charge >= 0.3 is 0 Å². The van der Waals surface area contributed by atoms with E-state index < -0.39 is 0 Å². The van der Waals surface area contributed by atoms with Crippen molar-refractivity contribution in [3.8, 4) is 5.75 Å². The van der Waals surface area contributed by atoms with E-state index in [0.717, 1.165) is 17.3 Å². The Bertz CT molecular complexity index is 863. The van der Waals surface area contributed by atoms with E-state index in [1.165, 1.54) is 0 Å². The molecule has 0 spiro atoms. The van der Waals surface area contributed by atoms with Crippen molar-refractivity contribution >= 4 is 40.5 Å². The van der Waals surface area contributed by atoms with Gasteiger partial charge in [-0.15, -0.1) is 0 Å². The highest BCUT2D eigenvalue weighted by atomic mass is 32.2. The third-order valence-electron chi connectivity index (χ3n) is 3.22. The summed E-state index contributed by atoms with van der Waals surface area (Å²) in [6, 6.07) is 16.2. The third-order valence-corrected chi connectivity index (χ3v) is 4.03. The number of amidine groups is 1. The predicted octanol–water partition coefficient (Wildman–Crippen LogP) is 2.63. The fourth-order valence-corrected chi connectivity index (χ4v) is 2.82. The summed E-state index contributed by atoms with van der Waals surface area (Å²) in [6.45, 7) is -0.112. The second-order valence-electron chi connectivity index (χ2n) is 5.14. The average Bonchev–Trinajstić information content (AvgIpc) is 2.91. The quantitative estimate of drug-likeness (QED) is 0.806. The van der Waals surface area contributed by atoms with Gasteiger partial charge in [0.05, 0.1) is 4.91 Å². The minimum Gasteiger partial charge on any atom is -0.484 e. The molecular formula is C18H15N3O3S. The molecule has 0 radical (unpaired) electrons. The van der Waals surface area contributed by atoms with Gasteiger partial charge < -0.3 is 15.8 Å². The first-order valence-electron chi connectivity index (χ1n) is 7.46. The van der Waals surface area contributed by atoms with Crippen LogP contribution in [0.1, 0.15) is 5.56 Å². The van der Waals surface area contributed by atoms with E-state index in [9.17, 15) is 9.59 Å². The summed E-state index contributed by atoms with van der Waals surface area (Å²) in [6.07, 6.45) is 1.69. The van der Waals surface area contributed by atoms with Gasteiger partial charge in [-0.25, -0.2) is 0 Å². The zero-order chi connectivity index (χ0) is 17.6. The number of ether oxygens (including phenoxy) is 1. The average molecular weight is 353 g/mol. The Hall–Kier alpha value is -3.06. The maximum Gasteiger partial charge on any atom is 0.286 e. The van der Waals surface area contributed by atoms with Crippen LogP contribution in [0.15, 0.2) is 64.5 Å². The van der Waals surface area contributed by atoms with Crippen LogP contribution in [0.3, 0.4) is 0 Å². The van der Waals surface area contributed by atoms with Gasteiger partial charge in [-0.1, -0.05) is 30.3 Å². The highest BCUT2D eigenvalue weighted by molar-refractivity contribution is 8.18. The van der Waals surface area contributed by atoms with E-state index in [0.29, 0.717) is 16.3 Å². The Morgan fingerprint density at radius 1 is 1.20 bits per heavy atom. The van der Waals surface area contributed by atoms with Crippen LogP contribution in [-0.2, 0) is 9.59 Å². The molecule has 1 aliphatic rings. The number of aliphatic imine (C=N–C) groups is 1. The number of nitrogens with zero attached hydrogens (tertiary/aromatic N) is 1. The smallest absolute Gasteiger partial charge is 0.286 e. The van der Waals surface area contributed by atoms with Gasteiger partial charge in [0, 0.05) is 5.69 Å². The second-order valence-corrected chi connectivity index (χ2v) is 6.20. The van der Waals surface area contributed by atoms with Crippen LogP contribution in [0, 0.1) is 0 Å². The summed E-state index contributed by atoms with van der Waals surface area (Å²) in [4.78, 5) is 27.6. The van der Waals surface area contributed by atoms with E-state index in [-0.39, 0.29) is 23.6 Å². The SMILES string of the molecule is NC1=NC(=O)/C(=C/c2cccc(OCC(=O)Nc3ccccc3)c2)S1. The van der Waals surface area contributed by atoms with Crippen LogP contribution >= 0.6 is 11.8 Å². The number of amides is 2. The number of carbonyl (C=O) groups excluding carboxylic acids is 2. The van der Waals surface area contributed by atoms with Crippen molar-refractivity contribution in [2.75, 3.05) is 11.9 Å². The minimum atomic E-state index is -0.351. The van der Waals surface area contributed by atoms with Gasteiger partial charge in [0.15, 0.2) is 11.8 Å². The molecule has 0 saturated heterocycles. The van der Waals surface area contributed by atoms with Crippen LogP contribution in [0.4, 0.5) is 5.69 Å². The zero-order valence-corrected chi connectivity index (χ0v) is 14.0. The van der Waals surface area contributed by atoms with Crippen molar-refractivity contribution in [3.63, 3.8) is 0 Å². The van der Waals surface area contributed by atoms with E-state index >= 15 is 0 Å². The standard InChI is InChI=1S/C18H15N3O3S/c19-18-21-17(23)15(25-18)10-12-5-4-8-14(9-12)24-11-16(22)20-13-6-2-1-3-7-13/h1-10H,11H2,(H,20,22)(H2,19,21,23)/b15-10-. The number of hydrogen-bond acceptors (Lipinski definition) is 5. The fraction of sp³-hybridized carbons (Fsp3) is 0.0556. The summed E-state index contributed by atoms with van der Waals surface area (Å²) in [5, 5.41) is 2.98. The predicted molar refractivity (Wildman–Crippen MR) is 99.2 cm³/mol. The molecule has 0 bridgehead atoms. The number of para-hydroxylation sites is 1. The Labute approximate surface area is 148 Å². The van der Waals surface area contributed by atoms with Crippen molar-refractivity contribution in [2.45, 2.75) is 0 Å². The maximum absolute atomic E-state index is 11.9. The van der Waals surface area contributed by atoms with Crippen molar-refractivity contribution in [3.05, 3.63) is 65.1 Å². The lowest BCUT2D eigenvalue weighted by Crippen LogP contribution is -2.20. The minimum absolute atomic E-state index is 0.112. The van der Waals surface area contributed by atoms with Crippen molar-refractivity contribution in [1.82, 2.24) is 0 Å². The van der Waals surface area contributed by atoms with E-state index in [4.69, 9.17) is 10.5 Å². The van der Waals surface area contributed by atoms with E-state index in [1.807, 2.05) is 24.3 Å². The summed E-state index contributed by atoms with van der Waals surface area (Å²) < 4.78 is 5.51. The molecule has 6 nitrogen and oxygen atoms in total. The van der Waals surface area contributed by atoms with Gasteiger partial charge in [-0.05, 0) is 47.7 Å². The number of hydrogen-bond donors (Lipinski definition) is 2. The summed E-state index contributed by atoms with van der Waals surface area (Å²) >= 11 is 1.13. The molecule has 0 atom stereocenters. The third kappa shape index (κ3) is 4.71. The number of thioether (sulfide) groups is 1. The number of nitrogens with one attached hydrogen (secondary N) is 1. The molecule has 25 heavy (non-hydrogen) atoms. The molecule has 3 N–H and O–H groups in total. The van der Waals surface area contributed by atoms with Gasteiger partial charge in [0.25, 0.3) is 11.8 Å². The molecule has 0 aliphatic carbocycles. The first-order chi connectivity index (χ1) is 12.1. The molecule has 3 rings (SSSR count). The first kappa shape index (κ1) is 16.8. The van der Waals surface area contributed by atoms with Gasteiger partial charge in [-0.2, -0.15) is 4.99 Å². The Kier molecular flexibility index (Phi) is 5.15. The molecular weight excluding hydrogens is 338 g/mol. The lowest BCUT2D eigenvalue weighted by atomic mass is 10.2. The van der Waals surface area contributed by atoms with Crippen LogP contribution in [0.25, 0.3) is 6.08 Å². The number of nitrogens with two attached hydrogens (primary N) is 1. The van der Waals surface area contributed by atoms with Crippen molar-refractivity contribution < 1.29 is 14.3 Å². The molecule has 0 fully saturated rings. The Morgan fingerprint density at radius 2 is 2.00 bits per heavy atom.